The first-order chi connectivity index (χ1) is 9.99. The van der Waals surface area contributed by atoms with Crippen LogP contribution in [0.5, 0.6) is 0 Å². The van der Waals surface area contributed by atoms with Gasteiger partial charge in [0.2, 0.25) is 0 Å². The summed E-state index contributed by atoms with van der Waals surface area (Å²) < 4.78 is 27.4. The molecule has 112 valence electrons. The summed E-state index contributed by atoms with van der Waals surface area (Å²) in [6.45, 7) is 2.71. The van der Waals surface area contributed by atoms with Crippen molar-refractivity contribution in [2.45, 2.75) is 19.4 Å². The van der Waals surface area contributed by atoms with Gasteiger partial charge < -0.3 is 5.32 Å². The SMILES string of the molecule is CCNC(Cc1ccc(F)cc1Cl)c1cc(F)cc(Br)c1. The first-order valence-corrected chi connectivity index (χ1v) is 7.80. The van der Waals surface area contributed by atoms with Gasteiger partial charge in [-0.05, 0) is 54.4 Å². The van der Waals surface area contributed by atoms with E-state index in [0.717, 1.165) is 17.7 Å². The zero-order chi connectivity index (χ0) is 15.4. The number of benzene rings is 2. The highest BCUT2D eigenvalue weighted by molar-refractivity contribution is 9.10. The van der Waals surface area contributed by atoms with Crippen molar-refractivity contribution < 1.29 is 8.78 Å². The van der Waals surface area contributed by atoms with Crippen molar-refractivity contribution in [3.8, 4) is 0 Å². The zero-order valence-electron chi connectivity index (χ0n) is 11.5. The molecular weight excluding hydrogens is 360 g/mol. The van der Waals surface area contributed by atoms with Crippen molar-refractivity contribution in [2.24, 2.45) is 0 Å². The molecule has 1 N–H and O–H groups in total. The van der Waals surface area contributed by atoms with E-state index in [1.807, 2.05) is 13.0 Å². The lowest BCUT2D eigenvalue weighted by molar-refractivity contribution is 0.541. The van der Waals surface area contributed by atoms with Gasteiger partial charge in [0.05, 0.1) is 0 Å². The summed E-state index contributed by atoms with van der Waals surface area (Å²) in [5.74, 6) is -0.662. The Morgan fingerprint density at radius 1 is 1.14 bits per heavy atom. The van der Waals surface area contributed by atoms with Gasteiger partial charge in [0.1, 0.15) is 11.6 Å². The van der Waals surface area contributed by atoms with E-state index >= 15 is 0 Å². The third-order valence-corrected chi connectivity index (χ3v) is 3.99. The topological polar surface area (TPSA) is 12.0 Å². The van der Waals surface area contributed by atoms with E-state index < -0.39 is 0 Å². The molecule has 2 rings (SSSR count). The molecule has 1 nitrogen and oxygen atoms in total. The van der Waals surface area contributed by atoms with Crippen LogP contribution in [0.3, 0.4) is 0 Å². The Hall–Kier alpha value is -0.970. The van der Waals surface area contributed by atoms with E-state index in [4.69, 9.17) is 11.6 Å². The molecule has 0 aromatic heterocycles. The van der Waals surface area contributed by atoms with Gasteiger partial charge in [-0.25, -0.2) is 8.78 Å². The van der Waals surface area contributed by atoms with Crippen LogP contribution in [0.15, 0.2) is 40.9 Å². The smallest absolute Gasteiger partial charge is 0.124 e. The summed E-state index contributed by atoms with van der Waals surface area (Å²) >= 11 is 9.37. The van der Waals surface area contributed by atoms with Crippen LogP contribution >= 0.6 is 27.5 Å². The van der Waals surface area contributed by atoms with Crippen molar-refractivity contribution in [2.75, 3.05) is 6.54 Å². The molecule has 0 spiro atoms. The van der Waals surface area contributed by atoms with Gasteiger partial charge >= 0.3 is 0 Å². The van der Waals surface area contributed by atoms with Crippen LogP contribution in [0, 0.1) is 11.6 Å². The number of rotatable bonds is 5. The summed E-state index contributed by atoms with van der Waals surface area (Å²) in [4.78, 5) is 0. The fraction of sp³-hybridized carbons (Fsp3) is 0.250. The molecule has 0 bridgehead atoms. The van der Waals surface area contributed by atoms with E-state index in [-0.39, 0.29) is 17.7 Å². The van der Waals surface area contributed by atoms with Crippen LogP contribution in [0.4, 0.5) is 8.78 Å². The number of likely N-dealkylation sites (N-methyl/N-ethyl adjacent to an activating group) is 1. The number of halogens is 4. The largest absolute Gasteiger partial charge is 0.310 e. The Morgan fingerprint density at radius 2 is 1.90 bits per heavy atom. The molecule has 0 saturated carbocycles. The molecule has 0 aliphatic carbocycles. The van der Waals surface area contributed by atoms with Gasteiger partial charge in [0.15, 0.2) is 0 Å². The van der Waals surface area contributed by atoms with E-state index in [0.29, 0.717) is 15.9 Å². The molecule has 2 aromatic rings. The third kappa shape index (κ3) is 4.50. The molecule has 5 heteroatoms. The molecule has 2 aromatic carbocycles. The van der Waals surface area contributed by atoms with Crippen molar-refractivity contribution >= 4 is 27.5 Å². The Kier molecular flexibility index (Phi) is 5.73. The van der Waals surface area contributed by atoms with Crippen LogP contribution in [0.2, 0.25) is 5.02 Å². The average molecular weight is 375 g/mol. The maximum Gasteiger partial charge on any atom is 0.124 e. The van der Waals surface area contributed by atoms with Crippen LogP contribution < -0.4 is 5.32 Å². The summed E-state index contributed by atoms with van der Waals surface area (Å²) in [6.07, 6.45) is 0.558. The average Bonchev–Trinajstić information content (AvgIpc) is 2.40. The number of hydrogen-bond acceptors (Lipinski definition) is 1. The minimum atomic E-state index is -0.364. The Bertz CT molecular complexity index is 613. The highest BCUT2D eigenvalue weighted by Crippen LogP contribution is 2.26. The maximum atomic E-state index is 13.6. The number of nitrogens with one attached hydrogen (secondary N) is 1. The van der Waals surface area contributed by atoms with E-state index in [1.165, 1.54) is 24.3 Å². The van der Waals surface area contributed by atoms with Crippen LogP contribution in [0.25, 0.3) is 0 Å². The predicted molar refractivity (Wildman–Crippen MR) is 85.6 cm³/mol. The molecule has 21 heavy (non-hydrogen) atoms. The van der Waals surface area contributed by atoms with Crippen molar-refractivity contribution in [1.29, 1.82) is 0 Å². The number of hydrogen-bond donors (Lipinski definition) is 1. The molecule has 1 atom stereocenters. The first kappa shape index (κ1) is 16.4. The second-order valence-electron chi connectivity index (χ2n) is 4.75. The van der Waals surface area contributed by atoms with Crippen molar-refractivity contribution in [3.05, 3.63) is 68.7 Å². The lowest BCUT2D eigenvalue weighted by Crippen LogP contribution is -2.23. The molecule has 0 saturated heterocycles. The van der Waals surface area contributed by atoms with Gasteiger partial charge in [-0.2, -0.15) is 0 Å². The van der Waals surface area contributed by atoms with E-state index in [2.05, 4.69) is 21.2 Å². The fourth-order valence-corrected chi connectivity index (χ4v) is 2.97. The van der Waals surface area contributed by atoms with Crippen LogP contribution in [-0.2, 0) is 6.42 Å². The standard InChI is InChI=1S/C16H15BrClF2N/c1-2-21-16(11-5-12(17)8-14(20)6-11)7-10-3-4-13(19)9-15(10)18/h3-6,8-9,16,21H,2,7H2,1H3. The summed E-state index contributed by atoms with van der Waals surface area (Å²) in [7, 11) is 0. The van der Waals surface area contributed by atoms with Crippen molar-refractivity contribution in [1.82, 2.24) is 5.32 Å². The maximum absolute atomic E-state index is 13.6. The Morgan fingerprint density at radius 3 is 2.52 bits per heavy atom. The normalized spacial score (nSPS) is 12.4. The summed E-state index contributed by atoms with van der Waals surface area (Å²) in [6, 6.07) is 9.02. The molecule has 0 fully saturated rings. The minimum absolute atomic E-state index is 0.0926. The van der Waals surface area contributed by atoms with Crippen LogP contribution in [-0.4, -0.2) is 6.54 Å². The van der Waals surface area contributed by atoms with Crippen LogP contribution in [0.1, 0.15) is 24.1 Å². The zero-order valence-corrected chi connectivity index (χ0v) is 13.8. The molecule has 0 aliphatic rings. The first-order valence-electron chi connectivity index (χ1n) is 6.63. The highest BCUT2D eigenvalue weighted by Gasteiger charge is 2.15. The van der Waals surface area contributed by atoms with E-state index in [1.54, 1.807) is 6.07 Å². The lowest BCUT2D eigenvalue weighted by atomic mass is 9.98. The lowest BCUT2D eigenvalue weighted by Gasteiger charge is -2.19. The quantitative estimate of drug-likeness (QED) is 0.751. The van der Waals surface area contributed by atoms with Gasteiger partial charge in [-0.1, -0.05) is 40.5 Å². The minimum Gasteiger partial charge on any atom is -0.310 e. The second-order valence-corrected chi connectivity index (χ2v) is 6.08. The predicted octanol–water partition coefficient (Wildman–Crippen LogP) is 5.27. The third-order valence-electron chi connectivity index (χ3n) is 3.18. The van der Waals surface area contributed by atoms with Gasteiger partial charge in [-0.3, -0.25) is 0 Å². The van der Waals surface area contributed by atoms with Gasteiger partial charge in [0.25, 0.3) is 0 Å². The Balaban J connectivity index is 2.30. The molecule has 1 unspecified atom stereocenters. The van der Waals surface area contributed by atoms with Gasteiger partial charge in [0, 0.05) is 15.5 Å². The summed E-state index contributed by atoms with van der Waals surface area (Å²) in [5, 5.41) is 3.69. The molecule has 0 aliphatic heterocycles. The second kappa shape index (κ2) is 7.34. The van der Waals surface area contributed by atoms with Gasteiger partial charge in [-0.15, -0.1) is 0 Å². The molecular formula is C16H15BrClF2N. The Labute approximate surface area is 136 Å². The van der Waals surface area contributed by atoms with E-state index in [9.17, 15) is 8.78 Å². The molecule has 0 amide bonds. The molecule has 0 radical (unpaired) electrons. The van der Waals surface area contributed by atoms with Crippen molar-refractivity contribution in [3.63, 3.8) is 0 Å². The monoisotopic (exact) mass is 373 g/mol. The summed E-state index contributed by atoms with van der Waals surface area (Å²) in [5.41, 5.74) is 1.65. The molecule has 0 heterocycles. The highest BCUT2D eigenvalue weighted by atomic mass is 79.9. The fourth-order valence-electron chi connectivity index (χ4n) is 2.24.